The molecule has 0 amide bonds. The number of hydrogen-bond acceptors (Lipinski definition) is 8. The van der Waals surface area contributed by atoms with E-state index in [4.69, 9.17) is 18.9 Å². The van der Waals surface area contributed by atoms with Crippen LogP contribution in [0.2, 0.25) is 0 Å². The summed E-state index contributed by atoms with van der Waals surface area (Å²) in [6, 6.07) is 0. The van der Waals surface area contributed by atoms with Crippen molar-refractivity contribution in [1.82, 2.24) is 0 Å². The van der Waals surface area contributed by atoms with E-state index in [-0.39, 0.29) is 29.8 Å². The van der Waals surface area contributed by atoms with Gasteiger partial charge in [0.1, 0.15) is 0 Å². The normalized spacial score (nSPS) is 16.1. The van der Waals surface area contributed by atoms with Crippen LogP contribution in [0, 0.1) is 0 Å². The van der Waals surface area contributed by atoms with E-state index in [2.05, 4.69) is 0 Å². The van der Waals surface area contributed by atoms with Crippen molar-refractivity contribution in [2.24, 2.45) is 0 Å². The Balaban J connectivity index is 2.37. The van der Waals surface area contributed by atoms with Gasteiger partial charge < -0.3 is 29.2 Å². The second-order valence-electron chi connectivity index (χ2n) is 4.24. The van der Waals surface area contributed by atoms with Crippen LogP contribution in [0.3, 0.4) is 0 Å². The topological polar surface area (TPSA) is 112 Å². The molecular weight excluding hydrogens is 284 g/mol. The Hall–Kier alpha value is -2.90. The van der Waals surface area contributed by atoms with Crippen LogP contribution < -0.4 is 9.47 Å². The van der Waals surface area contributed by atoms with E-state index in [1.165, 1.54) is 14.2 Å². The van der Waals surface area contributed by atoms with Gasteiger partial charge in [-0.3, -0.25) is 9.59 Å². The number of aromatic hydroxyl groups is 2. The number of rotatable bonds is 2. The number of carbonyl (C=O) groups excluding carboxylic acids is 2. The molecule has 0 aromatic heterocycles. The van der Waals surface area contributed by atoms with Gasteiger partial charge in [0.25, 0.3) is 0 Å². The Morgan fingerprint density at radius 2 is 1.24 bits per heavy atom. The van der Waals surface area contributed by atoms with Crippen LogP contribution in [-0.2, 0) is 9.47 Å². The fourth-order valence-corrected chi connectivity index (χ4v) is 2.34. The third kappa shape index (κ3) is 1.49. The minimum Gasteiger partial charge on any atom is -0.504 e. The van der Waals surface area contributed by atoms with E-state index in [0.717, 1.165) is 0 Å². The fourth-order valence-electron chi connectivity index (χ4n) is 2.34. The summed E-state index contributed by atoms with van der Waals surface area (Å²) in [6.07, 6.45) is 0. The maximum atomic E-state index is 12.4. The van der Waals surface area contributed by atoms with Gasteiger partial charge in [-0.1, -0.05) is 0 Å². The average molecular weight is 294 g/mol. The van der Waals surface area contributed by atoms with Crippen LogP contribution in [0.5, 0.6) is 23.0 Å². The number of Topliss-reactive ketones (excluding diaryl/α,β-unsaturated/α-hetero) is 2. The molecule has 1 aliphatic carbocycles. The van der Waals surface area contributed by atoms with E-state index in [9.17, 15) is 19.8 Å². The third-order valence-corrected chi connectivity index (χ3v) is 3.25. The molecule has 0 saturated heterocycles. The van der Waals surface area contributed by atoms with Gasteiger partial charge in [-0.15, -0.1) is 0 Å². The zero-order chi connectivity index (χ0) is 15.3. The molecule has 0 radical (unpaired) electrons. The van der Waals surface area contributed by atoms with Gasteiger partial charge in [0.05, 0.1) is 25.3 Å². The lowest BCUT2D eigenvalue weighted by Gasteiger charge is -2.21. The van der Waals surface area contributed by atoms with E-state index >= 15 is 0 Å². The molecule has 1 heterocycles. The quantitative estimate of drug-likeness (QED) is 0.767. The highest BCUT2D eigenvalue weighted by atomic mass is 16.7. The summed E-state index contributed by atoms with van der Waals surface area (Å²) in [7, 11) is 2.38. The van der Waals surface area contributed by atoms with Crippen molar-refractivity contribution in [2.45, 2.75) is 0 Å². The van der Waals surface area contributed by atoms with E-state index in [1.54, 1.807) is 0 Å². The van der Waals surface area contributed by atoms with Gasteiger partial charge in [0.2, 0.25) is 41.4 Å². The van der Waals surface area contributed by atoms with Crippen molar-refractivity contribution < 1.29 is 38.7 Å². The number of methoxy groups -OCH3 is 2. The molecule has 110 valence electrons. The molecule has 8 nitrogen and oxygen atoms in total. The molecule has 0 spiro atoms. The molecule has 1 aromatic rings. The van der Waals surface area contributed by atoms with Gasteiger partial charge in [-0.2, -0.15) is 0 Å². The van der Waals surface area contributed by atoms with E-state index in [1.807, 2.05) is 0 Å². The number of carbonyl (C=O) groups is 2. The predicted octanol–water partition coefficient (Wildman–Crippen LogP) is 0.710. The summed E-state index contributed by atoms with van der Waals surface area (Å²) in [6.45, 7) is -0.247. The maximum absolute atomic E-state index is 12.4. The van der Waals surface area contributed by atoms with Crippen LogP contribution in [0.1, 0.15) is 20.7 Å². The summed E-state index contributed by atoms with van der Waals surface area (Å²) in [5, 5.41) is 20.3. The maximum Gasteiger partial charge on any atom is 0.236 e. The van der Waals surface area contributed by atoms with Crippen LogP contribution in [0.4, 0.5) is 0 Å². The monoisotopic (exact) mass is 294 g/mol. The number of phenols is 2. The minimum atomic E-state index is -0.796. The lowest BCUT2D eigenvalue weighted by Crippen LogP contribution is -2.24. The Morgan fingerprint density at radius 3 is 1.57 bits per heavy atom. The summed E-state index contributed by atoms with van der Waals surface area (Å²) in [4.78, 5) is 24.7. The highest BCUT2D eigenvalue weighted by Gasteiger charge is 2.43. The Labute approximate surface area is 118 Å². The second-order valence-corrected chi connectivity index (χ2v) is 4.24. The number of ether oxygens (including phenoxy) is 4. The molecule has 1 aromatic carbocycles. The van der Waals surface area contributed by atoms with Crippen molar-refractivity contribution >= 4 is 11.6 Å². The first-order valence-electron chi connectivity index (χ1n) is 5.82. The van der Waals surface area contributed by atoms with Gasteiger partial charge in [0, 0.05) is 0 Å². The Morgan fingerprint density at radius 1 is 0.857 bits per heavy atom. The molecule has 2 N–H and O–H groups in total. The van der Waals surface area contributed by atoms with Crippen molar-refractivity contribution in [1.29, 1.82) is 0 Å². The largest absolute Gasteiger partial charge is 0.504 e. The Kier molecular flexibility index (Phi) is 2.68. The summed E-state index contributed by atoms with van der Waals surface area (Å²) in [5.74, 6) is -3.86. The molecule has 2 aliphatic rings. The molecule has 21 heavy (non-hydrogen) atoms. The van der Waals surface area contributed by atoms with Crippen LogP contribution in [0.15, 0.2) is 11.5 Å². The van der Waals surface area contributed by atoms with Crippen molar-refractivity contribution in [2.75, 3.05) is 21.0 Å². The Bertz CT molecular complexity index is 657. The highest BCUT2D eigenvalue weighted by molar-refractivity contribution is 6.28. The van der Waals surface area contributed by atoms with Gasteiger partial charge in [0.15, 0.2) is 11.5 Å². The SMILES string of the molecule is COC1=C(OC)C(=O)c2c(O)c3c(c(O)c2C1=O)OCO3. The lowest BCUT2D eigenvalue weighted by atomic mass is 9.89. The second kappa shape index (κ2) is 4.30. The number of ketones is 2. The number of fused-ring (bicyclic) bond motifs is 2. The number of hydrogen-bond donors (Lipinski definition) is 2. The van der Waals surface area contributed by atoms with Gasteiger partial charge in [-0.05, 0) is 0 Å². The molecule has 0 unspecified atom stereocenters. The van der Waals surface area contributed by atoms with Gasteiger partial charge >= 0.3 is 0 Å². The smallest absolute Gasteiger partial charge is 0.236 e. The van der Waals surface area contributed by atoms with Gasteiger partial charge in [-0.25, -0.2) is 0 Å². The first-order valence-corrected chi connectivity index (χ1v) is 5.82. The third-order valence-electron chi connectivity index (χ3n) is 3.25. The van der Waals surface area contributed by atoms with E-state index in [0.29, 0.717) is 0 Å². The molecule has 3 rings (SSSR count). The zero-order valence-electron chi connectivity index (χ0n) is 11.1. The van der Waals surface area contributed by atoms with Crippen LogP contribution >= 0.6 is 0 Å². The average Bonchev–Trinajstić information content (AvgIpc) is 2.96. The van der Waals surface area contributed by atoms with Crippen molar-refractivity contribution in [3.8, 4) is 23.0 Å². The molecule has 0 fully saturated rings. The fraction of sp³-hybridized carbons (Fsp3) is 0.231. The molecular formula is C13H10O8. The molecule has 8 heteroatoms. The molecule has 0 atom stereocenters. The molecule has 1 aliphatic heterocycles. The van der Waals surface area contributed by atoms with E-state index < -0.39 is 34.2 Å². The lowest BCUT2D eigenvalue weighted by molar-refractivity contribution is 0.0823. The first kappa shape index (κ1) is 13.1. The molecule has 0 bridgehead atoms. The standard InChI is InChI=1S/C13H10O8/c1-18-10-6(14)4-5(7(15)11(10)19-2)9(17)13-12(8(4)16)20-3-21-13/h16-17H,3H2,1-2H3. The number of phenolic OH excluding ortho intramolecular Hbond substituents is 2. The minimum absolute atomic E-state index is 0.191. The highest BCUT2D eigenvalue weighted by Crippen LogP contribution is 2.53. The van der Waals surface area contributed by atoms with Crippen molar-refractivity contribution in [3.05, 3.63) is 22.6 Å². The summed E-state index contributed by atoms with van der Waals surface area (Å²) < 4.78 is 19.7. The summed E-state index contributed by atoms with van der Waals surface area (Å²) in [5.41, 5.74) is -0.807. The number of allylic oxidation sites excluding steroid dienone is 2. The summed E-state index contributed by atoms with van der Waals surface area (Å²) >= 11 is 0. The zero-order valence-corrected chi connectivity index (χ0v) is 11.1. The predicted molar refractivity (Wildman–Crippen MR) is 65.6 cm³/mol. The molecule has 0 saturated carbocycles. The van der Waals surface area contributed by atoms with Crippen LogP contribution in [-0.4, -0.2) is 42.8 Å². The number of benzene rings is 1. The van der Waals surface area contributed by atoms with Crippen molar-refractivity contribution in [3.63, 3.8) is 0 Å². The van der Waals surface area contributed by atoms with Crippen LogP contribution in [0.25, 0.3) is 0 Å². The first-order chi connectivity index (χ1) is 10.0.